The highest BCUT2D eigenvalue weighted by Gasteiger charge is 2.28. The molecule has 8 aromatic rings. The highest BCUT2D eigenvalue weighted by atomic mass is 32.2. The largest absolute Gasteiger partial charge is 0.266 e. The number of aromatic nitrogens is 8. The van der Waals surface area contributed by atoms with Gasteiger partial charge in [0, 0.05) is 25.9 Å². The van der Waals surface area contributed by atoms with E-state index in [4.69, 9.17) is 10.2 Å². The second-order valence-corrected chi connectivity index (χ2v) is 18.0. The summed E-state index contributed by atoms with van der Waals surface area (Å²) in [5, 5.41) is 27.9. The van der Waals surface area contributed by atoms with Gasteiger partial charge in [0.2, 0.25) is 9.92 Å². The lowest BCUT2D eigenvalue weighted by Gasteiger charge is -2.24. The first-order valence-electron chi connectivity index (χ1n) is 16.8. The quantitative estimate of drug-likeness (QED) is 0.139. The van der Waals surface area contributed by atoms with Crippen LogP contribution >= 0.6 is 22.7 Å². The average molecular weight is 797 g/mol. The minimum atomic E-state index is -3.88. The molecular weight excluding hydrogens is 765 g/mol. The zero-order valence-electron chi connectivity index (χ0n) is 29.0. The van der Waals surface area contributed by atoms with Gasteiger partial charge in [-0.15, -0.1) is 20.4 Å². The molecule has 0 fully saturated rings. The third-order valence-corrected chi connectivity index (χ3v) is 14.3. The van der Waals surface area contributed by atoms with E-state index in [1.54, 1.807) is 94.0 Å². The number of nitrogens with zero attached hydrogens (tertiary/aromatic N) is 10. The van der Waals surface area contributed by atoms with Crippen LogP contribution in [0.25, 0.3) is 19.9 Å². The summed E-state index contributed by atoms with van der Waals surface area (Å²) in [5.74, 6) is 0.986. The van der Waals surface area contributed by atoms with Gasteiger partial charge in [-0.05, 0) is 62.4 Å². The molecule has 0 atom stereocenters. The summed E-state index contributed by atoms with van der Waals surface area (Å²) >= 11 is 2.59. The van der Waals surface area contributed by atoms with Gasteiger partial charge >= 0.3 is 0 Å². The Bertz CT molecular complexity index is 2590. The summed E-state index contributed by atoms with van der Waals surface area (Å²) in [6.45, 7) is 4.11. The topological polar surface area (TPSA) is 161 Å². The highest BCUT2D eigenvalue weighted by molar-refractivity contribution is 7.93. The average Bonchev–Trinajstić information content (AvgIpc) is 3.97. The van der Waals surface area contributed by atoms with Crippen molar-refractivity contribution in [2.24, 2.45) is 0 Å². The number of hydrogen-bond acceptors (Lipinski definition) is 12. The Morgan fingerprint density at radius 2 is 0.889 bits per heavy atom. The smallest absolute Gasteiger partial charge is 0.264 e. The van der Waals surface area contributed by atoms with Crippen LogP contribution in [-0.2, 0) is 32.9 Å². The molecule has 0 N–H and O–H groups in total. The summed E-state index contributed by atoms with van der Waals surface area (Å²) in [5.41, 5.74) is 3.11. The molecule has 4 aromatic heterocycles. The fraction of sp³-hybridized carbons (Fsp3) is 0.167. The van der Waals surface area contributed by atoms with Crippen LogP contribution in [0.15, 0.2) is 119 Å². The zero-order valence-corrected chi connectivity index (χ0v) is 32.2. The van der Waals surface area contributed by atoms with Gasteiger partial charge in [-0.1, -0.05) is 94.5 Å². The molecule has 0 unspecified atom stereocenters. The molecule has 0 amide bonds. The van der Waals surface area contributed by atoms with Crippen molar-refractivity contribution in [2.75, 3.05) is 21.7 Å². The fourth-order valence-corrected chi connectivity index (χ4v) is 10.5. The Morgan fingerprint density at radius 1 is 0.519 bits per heavy atom. The summed E-state index contributed by atoms with van der Waals surface area (Å²) in [7, 11) is -7.75. The van der Waals surface area contributed by atoms with Crippen molar-refractivity contribution in [1.82, 2.24) is 39.6 Å². The van der Waals surface area contributed by atoms with E-state index in [-0.39, 0.29) is 35.7 Å². The van der Waals surface area contributed by atoms with Gasteiger partial charge in [-0.25, -0.2) is 16.8 Å². The van der Waals surface area contributed by atoms with Crippen molar-refractivity contribution in [1.29, 1.82) is 0 Å². The number of sulfonamides is 2. The summed E-state index contributed by atoms with van der Waals surface area (Å²) in [6.07, 6.45) is 0.478. The molecule has 4 aromatic carbocycles. The molecule has 0 saturated carbocycles. The SMILES string of the molecule is Cc1ccc(N(CCc2nnc3sc(-c4nn5c(CCN(c6ccc(C)cc6)S(=O)(=O)c6ccccc6)nnc5s4)nn23)S(=O)(=O)c2ccccc2)cc1. The van der Waals surface area contributed by atoms with Crippen LogP contribution in [0.4, 0.5) is 11.4 Å². The number of aryl methyl sites for hydroxylation is 2. The zero-order chi connectivity index (χ0) is 37.5. The first-order valence-corrected chi connectivity index (χ1v) is 21.3. The van der Waals surface area contributed by atoms with Gasteiger partial charge in [0.1, 0.15) is 0 Å². The summed E-state index contributed by atoms with van der Waals surface area (Å²) in [6, 6.07) is 31.4. The summed E-state index contributed by atoms with van der Waals surface area (Å²) in [4.78, 5) is 1.44. The van der Waals surface area contributed by atoms with Crippen LogP contribution in [0, 0.1) is 13.8 Å². The molecule has 0 aliphatic heterocycles. The minimum Gasteiger partial charge on any atom is -0.266 e. The Hall–Kier alpha value is -5.56. The molecule has 4 heterocycles. The monoisotopic (exact) mass is 796 g/mol. The molecule has 14 nitrogen and oxygen atoms in total. The second kappa shape index (κ2) is 14.3. The van der Waals surface area contributed by atoms with Crippen LogP contribution in [0.5, 0.6) is 0 Å². The van der Waals surface area contributed by atoms with Gasteiger partial charge in [-0.3, -0.25) is 8.61 Å². The Kier molecular flexibility index (Phi) is 9.43. The Balaban J connectivity index is 1.04. The number of anilines is 2. The third-order valence-electron chi connectivity index (χ3n) is 8.68. The molecule has 8 rings (SSSR count). The van der Waals surface area contributed by atoms with E-state index >= 15 is 0 Å². The molecule has 0 radical (unpaired) electrons. The van der Waals surface area contributed by atoms with Gasteiger partial charge < -0.3 is 0 Å². The van der Waals surface area contributed by atoms with Gasteiger partial charge in [0.05, 0.1) is 21.2 Å². The highest BCUT2D eigenvalue weighted by Crippen LogP contribution is 2.31. The van der Waals surface area contributed by atoms with Crippen molar-refractivity contribution in [3.8, 4) is 10.0 Å². The lowest BCUT2D eigenvalue weighted by molar-refractivity contribution is 0.588. The Morgan fingerprint density at radius 3 is 1.26 bits per heavy atom. The van der Waals surface area contributed by atoms with Crippen LogP contribution in [0.2, 0.25) is 0 Å². The van der Waals surface area contributed by atoms with Gasteiger partial charge in [0.15, 0.2) is 21.7 Å². The molecule has 274 valence electrons. The van der Waals surface area contributed by atoms with Gasteiger partial charge in [-0.2, -0.15) is 19.2 Å². The van der Waals surface area contributed by atoms with E-state index < -0.39 is 20.0 Å². The van der Waals surface area contributed by atoms with Gasteiger partial charge in [0.25, 0.3) is 20.0 Å². The number of fused-ring (bicyclic) bond motifs is 2. The summed E-state index contributed by atoms with van der Waals surface area (Å²) < 4.78 is 61.2. The molecule has 18 heteroatoms. The fourth-order valence-electron chi connectivity index (χ4n) is 5.84. The van der Waals surface area contributed by atoms with Crippen LogP contribution in [0.3, 0.4) is 0 Å². The maximum Gasteiger partial charge on any atom is 0.264 e. The van der Waals surface area contributed by atoms with E-state index in [0.29, 0.717) is 43.0 Å². The predicted molar refractivity (Wildman–Crippen MR) is 208 cm³/mol. The van der Waals surface area contributed by atoms with Crippen LogP contribution < -0.4 is 8.61 Å². The first-order chi connectivity index (χ1) is 26.1. The van der Waals surface area contributed by atoms with E-state index in [0.717, 1.165) is 11.1 Å². The van der Waals surface area contributed by atoms with Crippen molar-refractivity contribution in [3.05, 3.63) is 132 Å². The third kappa shape index (κ3) is 6.84. The van der Waals surface area contributed by atoms with Crippen LogP contribution in [-0.4, -0.2) is 69.5 Å². The molecule has 0 saturated heterocycles. The van der Waals surface area contributed by atoms with E-state index in [9.17, 15) is 16.8 Å². The van der Waals surface area contributed by atoms with E-state index in [1.807, 2.05) is 38.1 Å². The lowest BCUT2D eigenvalue weighted by Crippen LogP contribution is -2.33. The predicted octanol–water partition coefficient (Wildman–Crippen LogP) is 5.84. The Labute approximate surface area is 319 Å². The second-order valence-electron chi connectivity index (χ2n) is 12.4. The van der Waals surface area contributed by atoms with Crippen molar-refractivity contribution in [2.45, 2.75) is 36.5 Å². The van der Waals surface area contributed by atoms with Crippen molar-refractivity contribution < 1.29 is 16.8 Å². The van der Waals surface area contributed by atoms with E-state index in [1.165, 1.54) is 31.3 Å². The molecule has 0 aliphatic carbocycles. The van der Waals surface area contributed by atoms with Crippen LogP contribution in [0.1, 0.15) is 22.8 Å². The van der Waals surface area contributed by atoms with Crippen molar-refractivity contribution in [3.63, 3.8) is 0 Å². The first kappa shape index (κ1) is 35.5. The molecule has 0 bridgehead atoms. The standard InChI is InChI=1S/C36H32N10O4S4/c1-25-13-17-27(18-14-25)43(53(47,48)29-9-5-3-6-10-29)23-21-31-37-39-35-45(31)41-33(51-35)34-42-46-32(38-40-36(46)52-34)22-24-44(28-19-15-26(2)16-20-28)54(49,50)30-11-7-4-8-12-30/h3-20H,21-24H2,1-2H3. The normalized spacial score (nSPS) is 12.1. The molecular formula is C36H32N10O4S4. The maximum atomic E-state index is 13.8. The molecule has 0 spiro atoms. The molecule has 54 heavy (non-hydrogen) atoms. The number of rotatable bonds is 13. The van der Waals surface area contributed by atoms with Crippen molar-refractivity contribution >= 4 is 64.0 Å². The van der Waals surface area contributed by atoms with E-state index in [2.05, 4.69) is 20.4 Å². The molecule has 0 aliphatic rings. The lowest BCUT2D eigenvalue weighted by atomic mass is 10.2. The number of benzene rings is 4. The number of hydrogen-bond donors (Lipinski definition) is 0. The maximum absolute atomic E-state index is 13.8. The minimum absolute atomic E-state index is 0.105.